The van der Waals surface area contributed by atoms with Crippen molar-refractivity contribution in [3.05, 3.63) is 58.1 Å². The number of anilines is 1. The largest absolute Gasteiger partial charge is 0.464 e. The molecule has 0 saturated carbocycles. The van der Waals surface area contributed by atoms with E-state index in [-0.39, 0.29) is 6.23 Å². The molecule has 17 heavy (non-hydrogen) atoms. The van der Waals surface area contributed by atoms with E-state index in [4.69, 9.17) is 27.9 Å². The number of hydrogen-bond acceptors (Lipinski definition) is 2. The first-order valence-electron chi connectivity index (χ1n) is 5.21. The van der Waals surface area contributed by atoms with Gasteiger partial charge in [-0.15, -0.1) is 0 Å². The zero-order chi connectivity index (χ0) is 11.8. The first-order valence-corrected chi connectivity index (χ1v) is 5.97. The van der Waals surface area contributed by atoms with Crippen molar-refractivity contribution >= 4 is 28.9 Å². The molecule has 1 N–H and O–H groups in total. The molecule has 0 fully saturated rings. The third-order valence-electron chi connectivity index (χ3n) is 2.66. The quantitative estimate of drug-likeness (QED) is 0.820. The fourth-order valence-corrected chi connectivity index (χ4v) is 2.25. The van der Waals surface area contributed by atoms with E-state index >= 15 is 0 Å². The molecule has 2 nitrogen and oxygen atoms in total. The minimum atomic E-state index is -0.253. The highest BCUT2D eigenvalue weighted by atomic mass is 35.5. The van der Waals surface area contributed by atoms with Gasteiger partial charge in [-0.25, -0.2) is 0 Å². The van der Waals surface area contributed by atoms with Crippen LogP contribution >= 0.6 is 23.2 Å². The van der Waals surface area contributed by atoms with Gasteiger partial charge in [0, 0.05) is 15.6 Å². The lowest BCUT2D eigenvalue weighted by Crippen LogP contribution is -2.10. The molecule has 2 aromatic rings. The van der Waals surface area contributed by atoms with Crippen LogP contribution in [0, 0.1) is 0 Å². The zero-order valence-electron chi connectivity index (χ0n) is 8.78. The van der Waals surface area contributed by atoms with Crippen LogP contribution in [-0.2, 0) is 0 Å². The van der Waals surface area contributed by atoms with E-state index in [2.05, 4.69) is 5.32 Å². The second-order valence-corrected chi connectivity index (χ2v) is 4.65. The topological polar surface area (TPSA) is 21.3 Å². The Labute approximate surface area is 109 Å². The summed E-state index contributed by atoms with van der Waals surface area (Å²) in [5.41, 5.74) is 1.81. The zero-order valence-corrected chi connectivity index (χ0v) is 10.3. The van der Waals surface area contributed by atoms with E-state index in [1.54, 1.807) is 6.07 Å². The number of ether oxygens (including phenoxy) is 1. The van der Waals surface area contributed by atoms with Crippen LogP contribution < -0.4 is 10.1 Å². The van der Waals surface area contributed by atoms with Crippen LogP contribution in [0.1, 0.15) is 11.8 Å². The highest BCUT2D eigenvalue weighted by Crippen LogP contribution is 2.40. The molecule has 1 heterocycles. The van der Waals surface area contributed by atoms with Crippen LogP contribution in [0.4, 0.5) is 5.69 Å². The lowest BCUT2D eigenvalue weighted by molar-refractivity contribution is 0.260. The van der Waals surface area contributed by atoms with Gasteiger partial charge in [-0.05, 0) is 24.3 Å². The molecule has 3 rings (SSSR count). The Morgan fingerprint density at radius 1 is 1.06 bits per heavy atom. The molecule has 1 aliphatic heterocycles. The van der Waals surface area contributed by atoms with Crippen molar-refractivity contribution in [3.63, 3.8) is 0 Å². The van der Waals surface area contributed by atoms with Crippen LogP contribution in [0.3, 0.4) is 0 Å². The van der Waals surface area contributed by atoms with E-state index in [0.29, 0.717) is 10.0 Å². The molecular formula is C13H9Cl2NO. The molecule has 0 unspecified atom stereocenters. The second kappa shape index (κ2) is 4.13. The molecule has 0 bridgehead atoms. The number of halogens is 2. The summed E-state index contributed by atoms with van der Waals surface area (Å²) < 4.78 is 5.77. The molecule has 0 aliphatic carbocycles. The summed E-state index contributed by atoms with van der Waals surface area (Å²) in [5.74, 6) is 0.791. The maximum absolute atomic E-state index is 6.13. The van der Waals surface area contributed by atoms with Gasteiger partial charge >= 0.3 is 0 Å². The third-order valence-corrected chi connectivity index (χ3v) is 3.24. The van der Waals surface area contributed by atoms with Gasteiger partial charge in [0.25, 0.3) is 0 Å². The third kappa shape index (κ3) is 1.94. The normalized spacial score (nSPS) is 17.2. The average molecular weight is 266 g/mol. The van der Waals surface area contributed by atoms with Crippen molar-refractivity contribution in [1.29, 1.82) is 0 Å². The van der Waals surface area contributed by atoms with Crippen LogP contribution in [0.15, 0.2) is 42.5 Å². The smallest absolute Gasteiger partial charge is 0.198 e. The highest BCUT2D eigenvalue weighted by molar-refractivity contribution is 6.31. The van der Waals surface area contributed by atoms with Crippen molar-refractivity contribution in [2.75, 3.05) is 5.32 Å². The van der Waals surface area contributed by atoms with Gasteiger partial charge in [-0.3, -0.25) is 0 Å². The molecule has 0 saturated heterocycles. The SMILES string of the molecule is Clc1ccc2c(c1)N[C@H](c1ccccc1Cl)O2. The first-order chi connectivity index (χ1) is 8.24. The van der Waals surface area contributed by atoms with Crippen molar-refractivity contribution in [1.82, 2.24) is 0 Å². The van der Waals surface area contributed by atoms with Gasteiger partial charge in [-0.2, -0.15) is 0 Å². The minimum absolute atomic E-state index is 0.253. The van der Waals surface area contributed by atoms with Gasteiger partial charge < -0.3 is 10.1 Å². The van der Waals surface area contributed by atoms with Crippen molar-refractivity contribution in [2.45, 2.75) is 6.23 Å². The molecule has 0 radical (unpaired) electrons. The Morgan fingerprint density at radius 3 is 2.71 bits per heavy atom. The van der Waals surface area contributed by atoms with E-state index in [1.165, 1.54) is 0 Å². The fraction of sp³-hybridized carbons (Fsp3) is 0.0769. The molecule has 4 heteroatoms. The van der Waals surface area contributed by atoms with Crippen molar-refractivity contribution < 1.29 is 4.74 Å². The summed E-state index contributed by atoms with van der Waals surface area (Å²) in [5, 5.41) is 4.61. The van der Waals surface area contributed by atoms with Gasteiger partial charge in [0.2, 0.25) is 0 Å². The fourth-order valence-electron chi connectivity index (χ4n) is 1.84. The monoisotopic (exact) mass is 265 g/mol. The maximum atomic E-state index is 6.13. The maximum Gasteiger partial charge on any atom is 0.198 e. The predicted molar refractivity (Wildman–Crippen MR) is 69.9 cm³/mol. The van der Waals surface area contributed by atoms with Crippen LogP contribution in [0.5, 0.6) is 5.75 Å². The Kier molecular flexibility index (Phi) is 2.61. The van der Waals surface area contributed by atoms with E-state index in [0.717, 1.165) is 17.0 Å². The van der Waals surface area contributed by atoms with Gasteiger partial charge in [0.05, 0.1) is 5.69 Å². The Hall–Kier alpha value is -1.38. The standard InChI is InChI=1S/C13H9Cl2NO/c14-8-5-6-12-11(7-8)16-13(17-12)9-3-1-2-4-10(9)15/h1-7,13,16H/t13-/m0/s1. The lowest BCUT2D eigenvalue weighted by atomic mass is 10.2. The molecule has 86 valence electrons. The van der Waals surface area contributed by atoms with Crippen molar-refractivity contribution in [2.24, 2.45) is 0 Å². The Balaban J connectivity index is 1.94. The summed E-state index contributed by atoms with van der Waals surface area (Å²) in [6.07, 6.45) is -0.253. The lowest BCUT2D eigenvalue weighted by Gasteiger charge is -2.12. The molecule has 0 aromatic heterocycles. The van der Waals surface area contributed by atoms with Gasteiger partial charge in [0.1, 0.15) is 5.75 Å². The van der Waals surface area contributed by atoms with Gasteiger partial charge in [0.15, 0.2) is 6.23 Å². The molecule has 1 aliphatic rings. The number of benzene rings is 2. The number of rotatable bonds is 1. The number of fused-ring (bicyclic) bond motifs is 1. The van der Waals surface area contributed by atoms with E-state index in [1.807, 2.05) is 36.4 Å². The summed E-state index contributed by atoms with van der Waals surface area (Å²) in [4.78, 5) is 0. The summed E-state index contributed by atoms with van der Waals surface area (Å²) in [6.45, 7) is 0. The van der Waals surface area contributed by atoms with E-state index < -0.39 is 0 Å². The van der Waals surface area contributed by atoms with E-state index in [9.17, 15) is 0 Å². The predicted octanol–water partition coefficient (Wildman–Crippen LogP) is 4.50. The highest BCUT2D eigenvalue weighted by Gasteiger charge is 2.24. The summed E-state index contributed by atoms with van der Waals surface area (Å²) >= 11 is 12.1. The molecule has 1 atom stereocenters. The first kappa shape index (κ1) is 10.8. The Bertz CT molecular complexity index is 571. The molecule has 2 aromatic carbocycles. The van der Waals surface area contributed by atoms with Gasteiger partial charge in [-0.1, -0.05) is 41.4 Å². The van der Waals surface area contributed by atoms with Crippen LogP contribution in [0.2, 0.25) is 10.0 Å². The molecular weight excluding hydrogens is 257 g/mol. The minimum Gasteiger partial charge on any atom is -0.464 e. The average Bonchev–Trinajstić information content (AvgIpc) is 2.72. The summed E-state index contributed by atoms with van der Waals surface area (Å²) in [6, 6.07) is 13.1. The molecule has 0 spiro atoms. The van der Waals surface area contributed by atoms with Crippen LogP contribution in [0.25, 0.3) is 0 Å². The Morgan fingerprint density at radius 2 is 1.88 bits per heavy atom. The van der Waals surface area contributed by atoms with Crippen molar-refractivity contribution in [3.8, 4) is 5.75 Å². The second-order valence-electron chi connectivity index (χ2n) is 3.80. The number of nitrogens with one attached hydrogen (secondary N) is 1. The van der Waals surface area contributed by atoms with Crippen LogP contribution in [-0.4, -0.2) is 0 Å². The number of hydrogen-bond donors (Lipinski definition) is 1. The summed E-state index contributed by atoms with van der Waals surface area (Å²) in [7, 11) is 0. The molecule has 0 amide bonds.